The Morgan fingerprint density at radius 2 is 2.00 bits per heavy atom. The molecule has 1 N–H and O–H groups in total. The molecule has 3 rings (SSSR count). The van der Waals surface area contributed by atoms with E-state index in [0.29, 0.717) is 28.9 Å². The Labute approximate surface area is 140 Å². The first-order chi connectivity index (χ1) is 11.2. The molecule has 0 saturated carbocycles. The van der Waals surface area contributed by atoms with E-state index in [-0.39, 0.29) is 4.88 Å². The second kappa shape index (κ2) is 6.28. The van der Waals surface area contributed by atoms with Gasteiger partial charge < -0.3 is 5.11 Å². The summed E-state index contributed by atoms with van der Waals surface area (Å²) in [5.74, 6) is -0.369. The molecule has 0 fully saturated rings. The number of hydrogen-bond donors (Lipinski definition) is 1. The number of nitriles is 1. The van der Waals surface area contributed by atoms with Gasteiger partial charge >= 0.3 is 5.97 Å². The average molecular weight is 341 g/mol. The van der Waals surface area contributed by atoms with Crippen molar-refractivity contribution in [1.82, 2.24) is 9.36 Å². The number of aryl methyl sites for hydroxylation is 1. The molecule has 0 atom stereocenters. The lowest BCUT2D eigenvalue weighted by Crippen LogP contribution is -1.95. The van der Waals surface area contributed by atoms with Crippen molar-refractivity contribution in [2.75, 3.05) is 0 Å². The van der Waals surface area contributed by atoms with Gasteiger partial charge in [0, 0.05) is 16.0 Å². The molecule has 2 heterocycles. The summed E-state index contributed by atoms with van der Waals surface area (Å²) in [6.45, 7) is 1.92. The van der Waals surface area contributed by atoms with E-state index in [0.717, 1.165) is 10.4 Å². The first-order valence-electron chi connectivity index (χ1n) is 6.82. The lowest BCUT2D eigenvalue weighted by Gasteiger charge is -2.03. The molecule has 5 nitrogen and oxygen atoms in total. The molecule has 3 aromatic rings. The Kier molecular flexibility index (Phi) is 4.19. The Balaban J connectivity index is 2.13. The zero-order valence-electron chi connectivity index (χ0n) is 12.1. The number of hydrogen-bond acceptors (Lipinski definition) is 6. The Morgan fingerprint density at radius 1 is 1.30 bits per heavy atom. The molecule has 114 valence electrons. The Hall–Kier alpha value is -2.56. The van der Waals surface area contributed by atoms with Gasteiger partial charge in [0.25, 0.3) is 0 Å². The fourth-order valence-electron chi connectivity index (χ4n) is 2.36. The smallest absolute Gasteiger partial charge is 0.346 e. The van der Waals surface area contributed by atoms with Gasteiger partial charge in [0.2, 0.25) is 0 Å². The summed E-state index contributed by atoms with van der Waals surface area (Å²) in [7, 11) is 0. The van der Waals surface area contributed by atoms with Crippen LogP contribution in [0.4, 0.5) is 0 Å². The second-order valence-electron chi connectivity index (χ2n) is 4.71. The molecular formula is C16H11N3O2S2. The number of carboxylic acids is 1. The molecule has 2 aromatic heterocycles. The van der Waals surface area contributed by atoms with Gasteiger partial charge in [-0.2, -0.15) is 9.64 Å². The Morgan fingerprint density at radius 3 is 2.52 bits per heavy atom. The van der Waals surface area contributed by atoms with Crippen molar-refractivity contribution < 1.29 is 9.90 Å². The lowest BCUT2D eigenvalue weighted by atomic mass is 9.99. The molecule has 0 aliphatic heterocycles. The monoisotopic (exact) mass is 341 g/mol. The summed E-state index contributed by atoms with van der Waals surface area (Å²) in [5.41, 5.74) is 4.19. The van der Waals surface area contributed by atoms with Gasteiger partial charge in [-0.05, 0) is 23.5 Å². The fraction of sp³-hybridized carbons (Fsp3) is 0.125. The van der Waals surface area contributed by atoms with Crippen LogP contribution >= 0.6 is 22.9 Å². The fourth-order valence-corrected chi connectivity index (χ4v) is 3.85. The summed E-state index contributed by atoms with van der Waals surface area (Å²) in [6.07, 6.45) is 0.634. The Bertz CT molecular complexity index is 891. The number of thiophene rings is 1. The molecular weight excluding hydrogens is 330 g/mol. The maximum Gasteiger partial charge on any atom is 0.346 e. The molecule has 0 radical (unpaired) electrons. The number of aromatic carboxylic acids is 1. The highest BCUT2D eigenvalue weighted by atomic mass is 32.1. The summed E-state index contributed by atoms with van der Waals surface area (Å²) in [5, 5.41) is 18.9. The average Bonchev–Trinajstić information content (AvgIpc) is 3.22. The highest BCUT2D eigenvalue weighted by Crippen LogP contribution is 2.37. The number of carbonyl (C=O) groups is 1. The van der Waals surface area contributed by atoms with Gasteiger partial charge in [0.1, 0.15) is 16.5 Å². The van der Waals surface area contributed by atoms with Crippen LogP contribution in [0.2, 0.25) is 0 Å². The van der Waals surface area contributed by atoms with Gasteiger partial charge in [-0.15, -0.1) is 11.3 Å². The van der Waals surface area contributed by atoms with Crippen LogP contribution in [0, 0.1) is 11.3 Å². The zero-order chi connectivity index (χ0) is 16.4. The quantitative estimate of drug-likeness (QED) is 0.773. The molecule has 23 heavy (non-hydrogen) atoms. The van der Waals surface area contributed by atoms with Crippen molar-refractivity contribution in [1.29, 1.82) is 5.26 Å². The molecule has 1 aromatic carbocycles. The van der Waals surface area contributed by atoms with E-state index in [9.17, 15) is 15.2 Å². The SMILES string of the molecule is CCc1sc(C(=O)O)c(-c2ccc(-c3ncsn3)cc2)c1C#N. The van der Waals surface area contributed by atoms with Crippen LogP contribution in [0.1, 0.15) is 27.0 Å². The van der Waals surface area contributed by atoms with Gasteiger partial charge in [-0.3, -0.25) is 0 Å². The second-order valence-corrected chi connectivity index (χ2v) is 6.42. The summed E-state index contributed by atoms with van der Waals surface area (Å²) in [4.78, 5) is 16.7. The number of carboxylic acid groups (broad SMARTS) is 1. The first-order valence-corrected chi connectivity index (χ1v) is 8.47. The van der Waals surface area contributed by atoms with Crippen LogP contribution in [-0.2, 0) is 6.42 Å². The minimum Gasteiger partial charge on any atom is -0.477 e. The van der Waals surface area contributed by atoms with Crippen molar-refractivity contribution >= 4 is 28.8 Å². The third-order valence-corrected chi connectivity index (χ3v) is 5.20. The van der Waals surface area contributed by atoms with Crippen molar-refractivity contribution in [3.8, 4) is 28.6 Å². The van der Waals surface area contributed by atoms with E-state index in [1.54, 1.807) is 5.51 Å². The van der Waals surface area contributed by atoms with Crippen LogP contribution in [0.25, 0.3) is 22.5 Å². The molecule has 0 amide bonds. The van der Waals surface area contributed by atoms with E-state index in [4.69, 9.17) is 0 Å². The minimum absolute atomic E-state index is 0.206. The molecule has 0 bridgehead atoms. The van der Waals surface area contributed by atoms with Crippen LogP contribution in [0.15, 0.2) is 29.8 Å². The van der Waals surface area contributed by atoms with Crippen LogP contribution < -0.4 is 0 Å². The van der Waals surface area contributed by atoms with Crippen molar-refractivity contribution in [2.24, 2.45) is 0 Å². The molecule has 7 heteroatoms. The standard InChI is InChI=1S/C16H11N3O2S2/c1-2-12-11(7-17)13(14(23-12)16(20)21)9-3-5-10(6-4-9)15-18-8-22-19-15/h3-6,8H,2H2,1H3,(H,20,21). The third kappa shape index (κ3) is 2.74. The van der Waals surface area contributed by atoms with Crippen molar-refractivity contribution in [2.45, 2.75) is 13.3 Å². The van der Waals surface area contributed by atoms with Gasteiger partial charge in [-0.1, -0.05) is 31.2 Å². The van der Waals surface area contributed by atoms with Crippen LogP contribution in [0.5, 0.6) is 0 Å². The van der Waals surface area contributed by atoms with Crippen LogP contribution in [-0.4, -0.2) is 20.4 Å². The maximum absolute atomic E-state index is 11.5. The highest BCUT2D eigenvalue weighted by molar-refractivity contribution is 7.14. The van der Waals surface area contributed by atoms with E-state index >= 15 is 0 Å². The normalized spacial score (nSPS) is 10.4. The maximum atomic E-state index is 11.5. The van der Waals surface area contributed by atoms with E-state index in [2.05, 4.69) is 15.4 Å². The summed E-state index contributed by atoms with van der Waals surface area (Å²) >= 11 is 2.44. The highest BCUT2D eigenvalue weighted by Gasteiger charge is 2.23. The zero-order valence-corrected chi connectivity index (χ0v) is 13.7. The molecule has 0 aliphatic rings. The third-order valence-electron chi connectivity index (χ3n) is 3.40. The molecule has 0 unspecified atom stereocenters. The van der Waals surface area contributed by atoms with E-state index < -0.39 is 5.97 Å². The summed E-state index contributed by atoms with van der Waals surface area (Å²) in [6, 6.07) is 9.46. The number of benzene rings is 1. The van der Waals surface area contributed by atoms with Gasteiger partial charge in [0.05, 0.1) is 5.56 Å². The van der Waals surface area contributed by atoms with Crippen molar-refractivity contribution in [3.63, 3.8) is 0 Å². The molecule has 0 aliphatic carbocycles. The predicted molar refractivity (Wildman–Crippen MR) is 89.7 cm³/mol. The summed E-state index contributed by atoms with van der Waals surface area (Å²) < 4.78 is 4.17. The van der Waals surface area contributed by atoms with Crippen LogP contribution in [0.3, 0.4) is 0 Å². The van der Waals surface area contributed by atoms with Crippen molar-refractivity contribution in [3.05, 3.63) is 45.1 Å². The molecule has 0 saturated heterocycles. The number of aromatic nitrogens is 2. The van der Waals surface area contributed by atoms with Gasteiger partial charge in [0.15, 0.2) is 5.82 Å². The van der Waals surface area contributed by atoms with E-state index in [1.165, 1.54) is 22.9 Å². The first kappa shape index (κ1) is 15.3. The number of rotatable bonds is 4. The largest absolute Gasteiger partial charge is 0.477 e. The topological polar surface area (TPSA) is 86.9 Å². The predicted octanol–water partition coefficient (Wildman–Crippen LogP) is 4.07. The minimum atomic E-state index is -1.01. The van der Waals surface area contributed by atoms with Gasteiger partial charge in [-0.25, -0.2) is 9.78 Å². The number of nitrogens with zero attached hydrogens (tertiary/aromatic N) is 3. The lowest BCUT2D eigenvalue weighted by molar-refractivity contribution is 0.0703. The van der Waals surface area contributed by atoms with E-state index in [1.807, 2.05) is 31.2 Å². The molecule has 0 spiro atoms.